The van der Waals surface area contributed by atoms with Crippen LogP contribution in [0.1, 0.15) is 25.0 Å². The number of hydrogen-bond acceptors (Lipinski definition) is 4. The molecule has 0 aromatic carbocycles. The predicted molar refractivity (Wildman–Crippen MR) is 81.5 cm³/mol. The van der Waals surface area contributed by atoms with Crippen LogP contribution in [0, 0.1) is 0 Å². The molecule has 0 aliphatic carbocycles. The van der Waals surface area contributed by atoms with Gasteiger partial charge in [-0.1, -0.05) is 6.42 Å². The van der Waals surface area contributed by atoms with Crippen molar-refractivity contribution in [1.82, 2.24) is 14.9 Å². The third-order valence-corrected chi connectivity index (χ3v) is 3.66. The van der Waals surface area contributed by atoms with E-state index in [2.05, 4.69) is 28.2 Å². The number of nitrogens with one attached hydrogen (secondary N) is 1. The molecule has 1 aromatic heterocycles. The van der Waals surface area contributed by atoms with Crippen molar-refractivity contribution in [2.24, 2.45) is 7.05 Å². The predicted octanol–water partition coefficient (Wildman–Crippen LogP) is 2.11. The van der Waals surface area contributed by atoms with E-state index in [9.17, 15) is 0 Å². The van der Waals surface area contributed by atoms with E-state index in [1.807, 2.05) is 37.0 Å². The van der Waals surface area contributed by atoms with Crippen LogP contribution in [0.5, 0.6) is 0 Å². The molecule has 1 N–H and O–H groups in total. The largest absolute Gasteiger partial charge is 0.348 e. The maximum absolute atomic E-state index is 4.40. The molecular formula is C13H26N4S. The Bertz CT molecular complexity index is 336. The number of unbranched alkanes of at least 4 members (excludes halogenated alkanes) is 2. The number of imidazole rings is 1. The van der Waals surface area contributed by atoms with Crippen molar-refractivity contribution in [2.75, 3.05) is 37.5 Å². The summed E-state index contributed by atoms with van der Waals surface area (Å²) in [6.45, 7) is 2.00. The van der Waals surface area contributed by atoms with Gasteiger partial charge in [0.2, 0.25) is 5.95 Å². The van der Waals surface area contributed by atoms with Gasteiger partial charge >= 0.3 is 0 Å². The van der Waals surface area contributed by atoms with Gasteiger partial charge in [0.15, 0.2) is 0 Å². The van der Waals surface area contributed by atoms with E-state index in [1.54, 1.807) is 0 Å². The molecule has 0 saturated heterocycles. The van der Waals surface area contributed by atoms with Crippen LogP contribution in [-0.4, -0.2) is 42.2 Å². The molecule has 0 fully saturated rings. The smallest absolute Gasteiger partial charge is 0.204 e. The molecule has 0 aliphatic heterocycles. The second-order valence-electron chi connectivity index (χ2n) is 4.73. The number of aromatic nitrogens is 2. The first-order valence-corrected chi connectivity index (χ1v) is 7.93. The number of thioether (sulfide) groups is 1. The van der Waals surface area contributed by atoms with Crippen LogP contribution in [0.2, 0.25) is 0 Å². The molecule has 0 amide bonds. The van der Waals surface area contributed by atoms with Gasteiger partial charge in [-0.05, 0) is 31.4 Å². The highest BCUT2D eigenvalue weighted by atomic mass is 32.2. The highest BCUT2D eigenvalue weighted by molar-refractivity contribution is 7.98. The second-order valence-corrected chi connectivity index (χ2v) is 5.72. The quantitative estimate of drug-likeness (QED) is 0.697. The Balaban J connectivity index is 2.19. The van der Waals surface area contributed by atoms with E-state index >= 15 is 0 Å². The number of nitrogens with zero attached hydrogens (tertiary/aromatic N) is 3. The molecule has 5 heteroatoms. The van der Waals surface area contributed by atoms with E-state index in [0.717, 1.165) is 19.0 Å². The van der Waals surface area contributed by atoms with Crippen molar-refractivity contribution in [1.29, 1.82) is 0 Å². The topological polar surface area (TPSA) is 33.1 Å². The maximum atomic E-state index is 4.40. The Morgan fingerprint density at radius 3 is 2.72 bits per heavy atom. The van der Waals surface area contributed by atoms with Gasteiger partial charge in [0, 0.05) is 27.7 Å². The summed E-state index contributed by atoms with van der Waals surface area (Å²) in [6, 6.07) is 0. The number of rotatable bonds is 9. The minimum atomic E-state index is 0.903. The van der Waals surface area contributed by atoms with Gasteiger partial charge in [0.1, 0.15) is 0 Å². The van der Waals surface area contributed by atoms with Crippen molar-refractivity contribution < 1.29 is 0 Å². The van der Waals surface area contributed by atoms with Crippen molar-refractivity contribution >= 4 is 17.7 Å². The van der Waals surface area contributed by atoms with Crippen LogP contribution in [0.3, 0.4) is 0 Å². The van der Waals surface area contributed by atoms with E-state index < -0.39 is 0 Å². The highest BCUT2D eigenvalue weighted by Gasteiger charge is 2.06. The first kappa shape index (κ1) is 15.4. The average molecular weight is 270 g/mol. The van der Waals surface area contributed by atoms with Crippen LogP contribution in [0.15, 0.2) is 6.20 Å². The zero-order chi connectivity index (χ0) is 13.4. The lowest BCUT2D eigenvalue weighted by atomic mass is 10.2. The molecule has 1 heterocycles. The van der Waals surface area contributed by atoms with Crippen molar-refractivity contribution in [3.8, 4) is 0 Å². The zero-order valence-electron chi connectivity index (χ0n) is 12.1. The summed E-state index contributed by atoms with van der Waals surface area (Å²) >= 11 is 1.93. The van der Waals surface area contributed by atoms with Crippen molar-refractivity contribution in [2.45, 2.75) is 25.8 Å². The Hall–Kier alpha value is -0.680. The van der Waals surface area contributed by atoms with E-state index in [4.69, 9.17) is 0 Å². The van der Waals surface area contributed by atoms with Gasteiger partial charge in [-0.3, -0.25) is 0 Å². The third-order valence-electron chi connectivity index (χ3n) is 2.97. The number of hydrogen-bond donors (Lipinski definition) is 1. The maximum Gasteiger partial charge on any atom is 0.204 e. The summed E-state index contributed by atoms with van der Waals surface area (Å²) in [5.41, 5.74) is 1.24. The monoisotopic (exact) mass is 270 g/mol. The van der Waals surface area contributed by atoms with E-state index in [0.29, 0.717) is 0 Å². The van der Waals surface area contributed by atoms with E-state index in [-0.39, 0.29) is 0 Å². The summed E-state index contributed by atoms with van der Waals surface area (Å²) in [5.74, 6) is 2.29. The highest BCUT2D eigenvalue weighted by Crippen LogP contribution is 2.10. The molecule has 0 saturated carbocycles. The molecule has 0 radical (unpaired) electrons. The zero-order valence-corrected chi connectivity index (χ0v) is 12.9. The second kappa shape index (κ2) is 8.43. The van der Waals surface area contributed by atoms with Crippen LogP contribution in [0.25, 0.3) is 0 Å². The first-order chi connectivity index (χ1) is 8.66. The normalized spacial score (nSPS) is 10.9. The fourth-order valence-electron chi connectivity index (χ4n) is 1.90. The summed E-state index contributed by atoms with van der Waals surface area (Å²) in [5, 5.41) is 3.49. The van der Waals surface area contributed by atoms with Gasteiger partial charge in [-0.15, -0.1) is 0 Å². The van der Waals surface area contributed by atoms with Gasteiger partial charge < -0.3 is 14.8 Å². The number of anilines is 1. The lowest BCUT2D eigenvalue weighted by Crippen LogP contribution is -2.19. The van der Waals surface area contributed by atoms with Crippen molar-refractivity contribution in [3.63, 3.8) is 0 Å². The van der Waals surface area contributed by atoms with Crippen LogP contribution in [-0.2, 0) is 13.6 Å². The average Bonchev–Trinajstić information content (AvgIpc) is 2.70. The lowest BCUT2D eigenvalue weighted by molar-refractivity contribution is 0.602. The minimum Gasteiger partial charge on any atom is -0.348 e. The lowest BCUT2D eigenvalue weighted by Gasteiger charge is -2.12. The van der Waals surface area contributed by atoms with Gasteiger partial charge in [0.25, 0.3) is 0 Å². The molecule has 0 aliphatic rings. The molecule has 0 unspecified atom stereocenters. The molecule has 0 atom stereocenters. The molecule has 4 nitrogen and oxygen atoms in total. The molecule has 1 rings (SSSR count). The van der Waals surface area contributed by atoms with Gasteiger partial charge in [0.05, 0.1) is 11.9 Å². The standard InChI is InChI=1S/C13H26N4S/c1-16(2)13-15-11-12(17(13)3)10-14-8-6-5-7-9-18-4/h11,14H,5-10H2,1-4H3. The van der Waals surface area contributed by atoms with Crippen LogP contribution in [0.4, 0.5) is 5.95 Å². The van der Waals surface area contributed by atoms with Gasteiger partial charge in [-0.25, -0.2) is 4.98 Å². The Labute approximate surface area is 115 Å². The summed E-state index contributed by atoms with van der Waals surface area (Å²) in [7, 11) is 6.11. The van der Waals surface area contributed by atoms with Crippen LogP contribution < -0.4 is 10.2 Å². The summed E-state index contributed by atoms with van der Waals surface area (Å²) < 4.78 is 2.14. The van der Waals surface area contributed by atoms with Crippen LogP contribution >= 0.6 is 11.8 Å². The molecule has 0 spiro atoms. The molecule has 1 aromatic rings. The Kier molecular flexibility index (Phi) is 7.20. The summed E-state index contributed by atoms with van der Waals surface area (Å²) in [6.07, 6.45) is 8.04. The summed E-state index contributed by atoms with van der Waals surface area (Å²) in [4.78, 5) is 6.43. The first-order valence-electron chi connectivity index (χ1n) is 6.54. The Morgan fingerprint density at radius 2 is 2.11 bits per heavy atom. The third kappa shape index (κ3) is 4.90. The van der Waals surface area contributed by atoms with Crippen molar-refractivity contribution in [3.05, 3.63) is 11.9 Å². The van der Waals surface area contributed by atoms with Gasteiger partial charge in [-0.2, -0.15) is 11.8 Å². The fraction of sp³-hybridized carbons (Fsp3) is 0.769. The fourth-order valence-corrected chi connectivity index (χ4v) is 2.40. The molecule has 18 heavy (non-hydrogen) atoms. The van der Waals surface area contributed by atoms with E-state index in [1.165, 1.54) is 30.7 Å². The molecular weight excluding hydrogens is 244 g/mol. The Morgan fingerprint density at radius 1 is 1.33 bits per heavy atom. The SMILES string of the molecule is CSCCCCCNCc1cnc(N(C)C)n1C. The molecule has 104 valence electrons. The minimum absolute atomic E-state index is 0.903. The molecule has 0 bridgehead atoms.